The van der Waals surface area contributed by atoms with Gasteiger partial charge in [0.1, 0.15) is 0 Å². The normalized spacial score (nSPS) is 11.2. The number of aromatic nitrogens is 2. The minimum Gasteiger partial charge on any atom is -0.264 e. The highest BCUT2D eigenvalue weighted by Gasteiger charge is 2.12. The van der Waals surface area contributed by atoms with Gasteiger partial charge in [0, 0.05) is 23.3 Å². The molecule has 0 radical (unpaired) electrons. The van der Waals surface area contributed by atoms with Crippen LogP contribution in [0.15, 0.2) is 54.9 Å². The third-order valence-corrected chi connectivity index (χ3v) is 6.12. The van der Waals surface area contributed by atoms with Crippen LogP contribution in [0.4, 0.5) is 0 Å². The molecule has 0 N–H and O–H groups in total. The summed E-state index contributed by atoms with van der Waals surface area (Å²) in [6.45, 7) is 6.75. The first-order valence-electron chi connectivity index (χ1n) is 9.69. The molecule has 3 heteroatoms. The molecule has 0 amide bonds. The van der Waals surface area contributed by atoms with Gasteiger partial charge >= 0.3 is 0 Å². The predicted molar refractivity (Wildman–Crippen MR) is 116 cm³/mol. The number of rotatable bonds is 5. The lowest BCUT2D eigenvalue weighted by molar-refractivity contribution is 0.982. The van der Waals surface area contributed by atoms with Crippen LogP contribution < -0.4 is 0 Å². The summed E-state index contributed by atoms with van der Waals surface area (Å²) >= 11 is 1.59. The zero-order valence-electron chi connectivity index (χ0n) is 16.1. The van der Waals surface area contributed by atoms with Crippen molar-refractivity contribution < 1.29 is 0 Å². The lowest BCUT2D eigenvalue weighted by Crippen LogP contribution is -1.98. The molecule has 0 aliphatic carbocycles. The Balaban J connectivity index is 1.75. The maximum absolute atomic E-state index is 4.74. The number of nitrogens with zero attached hydrogens (tertiary/aromatic N) is 2. The Labute approximate surface area is 165 Å². The molecule has 4 rings (SSSR count). The quantitative estimate of drug-likeness (QED) is 0.389. The summed E-state index contributed by atoms with van der Waals surface area (Å²) in [5.74, 6) is 0. The van der Waals surface area contributed by atoms with Gasteiger partial charge in [-0.1, -0.05) is 45.0 Å². The fourth-order valence-electron chi connectivity index (χ4n) is 3.82. The standard InChI is InChI=1S/C24H24N2S/c1-4-16-11-20(12-17(5-2)22(16)6-3)24-14-23(26-27-24)19-8-7-18-9-10-25-15-21(18)13-19/h7-15H,4-6H2,1-3H3. The minimum absolute atomic E-state index is 1.04. The molecule has 4 aromatic rings. The number of hydrogen-bond acceptors (Lipinski definition) is 3. The molecule has 0 spiro atoms. The molecule has 2 heterocycles. The molecular formula is C24H24N2S. The first-order valence-corrected chi connectivity index (χ1v) is 10.5. The molecule has 2 aromatic heterocycles. The Morgan fingerprint density at radius 1 is 0.778 bits per heavy atom. The first kappa shape index (κ1) is 17.9. The van der Waals surface area contributed by atoms with Gasteiger partial charge < -0.3 is 0 Å². The van der Waals surface area contributed by atoms with Gasteiger partial charge in [-0.3, -0.25) is 4.98 Å². The Bertz CT molecular complexity index is 1070. The topological polar surface area (TPSA) is 25.8 Å². The molecule has 0 unspecified atom stereocenters. The molecule has 0 atom stereocenters. The molecule has 2 nitrogen and oxygen atoms in total. The average Bonchev–Trinajstić information content (AvgIpc) is 3.22. The van der Waals surface area contributed by atoms with Crippen LogP contribution in [0.5, 0.6) is 0 Å². The SMILES string of the molecule is CCc1cc(-c2cc(-c3ccc4ccncc4c3)ns2)cc(CC)c1CC. The molecule has 27 heavy (non-hydrogen) atoms. The second kappa shape index (κ2) is 7.61. The summed E-state index contributed by atoms with van der Waals surface area (Å²) in [7, 11) is 0. The molecule has 0 bridgehead atoms. The summed E-state index contributed by atoms with van der Waals surface area (Å²) in [5.41, 5.74) is 7.95. The van der Waals surface area contributed by atoms with Crippen molar-refractivity contribution in [1.82, 2.24) is 9.36 Å². The number of pyridine rings is 1. The van der Waals surface area contributed by atoms with Crippen LogP contribution in [0.2, 0.25) is 0 Å². The van der Waals surface area contributed by atoms with Crippen LogP contribution in [0, 0.1) is 0 Å². The van der Waals surface area contributed by atoms with E-state index in [4.69, 9.17) is 4.37 Å². The first-order chi connectivity index (χ1) is 13.2. The molecule has 0 saturated heterocycles. The third kappa shape index (κ3) is 3.40. The van der Waals surface area contributed by atoms with Crippen LogP contribution in [0.3, 0.4) is 0 Å². The Hall–Kier alpha value is -2.52. The highest BCUT2D eigenvalue weighted by Crippen LogP contribution is 2.33. The van der Waals surface area contributed by atoms with Crippen LogP contribution in [0.25, 0.3) is 32.5 Å². The van der Waals surface area contributed by atoms with Crippen molar-refractivity contribution in [3.8, 4) is 21.7 Å². The van der Waals surface area contributed by atoms with E-state index in [1.165, 1.54) is 32.5 Å². The molecule has 2 aromatic carbocycles. The summed E-state index contributed by atoms with van der Waals surface area (Å²) in [6, 6.07) is 15.5. The summed E-state index contributed by atoms with van der Waals surface area (Å²) in [6.07, 6.45) is 7.00. The largest absolute Gasteiger partial charge is 0.264 e. The number of fused-ring (bicyclic) bond motifs is 1. The fourth-order valence-corrected chi connectivity index (χ4v) is 4.56. The third-order valence-electron chi connectivity index (χ3n) is 5.28. The van der Waals surface area contributed by atoms with Gasteiger partial charge in [0.2, 0.25) is 0 Å². The number of benzene rings is 2. The van der Waals surface area contributed by atoms with E-state index in [9.17, 15) is 0 Å². The molecular weight excluding hydrogens is 348 g/mol. The van der Waals surface area contributed by atoms with Crippen molar-refractivity contribution in [1.29, 1.82) is 0 Å². The van der Waals surface area contributed by atoms with Crippen molar-refractivity contribution in [2.24, 2.45) is 0 Å². The molecule has 136 valence electrons. The van der Waals surface area contributed by atoms with Crippen molar-refractivity contribution >= 4 is 22.3 Å². The van der Waals surface area contributed by atoms with Gasteiger partial charge in [0.05, 0.1) is 10.6 Å². The Morgan fingerprint density at radius 3 is 2.26 bits per heavy atom. The van der Waals surface area contributed by atoms with Gasteiger partial charge in [-0.2, -0.15) is 4.37 Å². The Kier molecular flexibility index (Phi) is 5.04. The average molecular weight is 373 g/mol. The predicted octanol–water partition coefficient (Wildman–Crippen LogP) is 6.71. The van der Waals surface area contributed by atoms with E-state index in [0.29, 0.717) is 0 Å². The van der Waals surface area contributed by atoms with E-state index in [1.54, 1.807) is 11.5 Å². The molecule has 0 saturated carbocycles. The van der Waals surface area contributed by atoms with E-state index in [0.717, 1.165) is 35.9 Å². The van der Waals surface area contributed by atoms with E-state index >= 15 is 0 Å². The second-order valence-corrected chi connectivity index (χ2v) is 7.65. The van der Waals surface area contributed by atoms with Crippen molar-refractivity contribution in [2.75, 3.05) is 0 Å². The van der Waals surface area contributed by atoms with Gasteiger partial charge in [-0.05, 0) is 76.6 Å². The zero-order valence-corrected chi connectivity index (χ0v) is 16.9. The van der Waals surface area contributed by atoms with Crippen LogP contribution in [-0.2, 0) is 19.3 Å². The monoisotopic (exact) mass is 372 g/mol. The van der Waals surface area contributed by atoms with Crippen molar-refractivity contribution in [3.63, 3.8) is 0 Å². The van der Waals surface area contributed by atoms with E-state index < -0.39 is 0 Å². The van der Waals surface area contributed by atoms with Gasteiger partial charge in [-0.15, -0.1) is 0 Å². The second-order valence-electron chi connectivity index (χ2n) is 6.85. The molecule has 0 fully saturated rings. The van der Waals surface area contributed by atoms with Gasteiger partial charge in [-0.25, -0.2) is 0 Å². The fraction of sp³-hybridized carbons (Fsp3) is 0.250. The highest BCUT2D eigenvalue weighted by atomic mass is 32.1. The zero-order chi connectivity index (χ0) is 18.8. The van der Waals surface area contributed by atoms with Gasteiger partial charge in [0.15, 0.2) is 0 Å². The van der Waals surface area contributed by atoms with Crippen molar-refractivity contribution in [3.05, 3.63) is 71.5 Å². The summed E-state index contributed by atoms with van der Waals surface area (Å²) < 4.78 is 4.74. The highest BCUT2D eigenvalue weighted by molar-refractivity contribution is 7.09. The van der Waals surface area contributed by atoms with E-state index in [2.05, 4.69) is 62.2 Å². The lowest BCUT2D eigenvalue weighted by atomic mass is 9.92. The number of aryl methyl sites for hydroxylation is 2. The Morgan fingerprint density at radius 2 is 1.56 bits per heavy atom. The molecule has 0 aliphatic rings. The molecule has 0 aliphatic heterocycles. The lowest BCUT2D eigenvalue weighted by Gasteiger charge is -2.13. The van der Waals surface area contributed by atoms with Crippen LogP contribution in [0.1, 0.15) is 37.5 Å². The van der Waals surface area contributed by atoms with Gasteiger partial charge in [0.25, 0.3) is 0 Å². The smallest absolute Gasteiger partial charge is 0.0847 e. The van der Waals surface area contributed by atoms with Crippen LogP contribution in [-0.4, -0.2) is 9.36 Å². The summed E-state index contributed by atoms with van der Waals surface area (Å²) in [5, 5.41) is 2.36. The maximum atomic E-state index is 4.74. The minimum atomic E-state index is 1.04. The summed E-state index contributed by atoms with van der Waals surface area (Å²) in [4.78, 5) is 5.48. The van der Waals surface area contributed by atoms with Crippen LogP contribution >= 0.6 is 11.5 Å². The maximum Gasteiger partial charge on any atom is 0.0847 e. The van der Waals surface area contributed by atoms with Crippen molar-refractivity contribution in [2.45, 2.75) is 40.0 Å². The number of hydrogen-bond donors (Lipinski definition) is 0. The van der Waals surface area contributed by atoms with E-state index in [1.807, 2.05) is 18.5 Å². The van der Waals surface area contributed by atoms with E-state index in [-0.39, 0.29) is 0 Å².